The predicted octanol–water partition coefficient (Wildman–Crippen LogP) is 1.60. The number of rotatable bonds is 4. The summed E-state index contributed by atoms with van der Waals surface area (Å²) in [6.45, 7) is 6.53. The highest BCUT2D eigenvalue weighted by Crippen LogP contribution is 2.08. The zero-order valence-corrected chi connectivity index (χ0v) is 11.0. The van der Waals surface area contributed by atoms with Gasteiger partial charge in [0.05, 0.1) is 0 Å². The molecule has 6 heteroatoms. The van der Waals surface area contributed by atoms with Crippen molar-refractivity contribution in [2.45, 2.75) is 26.4 Å². The highest BCUT2D eigenvalue weighted by Gasteiger charge is 2.15. The molecule has 0 saturated heterocycles. The van der Waals surface area contributed by atoms with Crippen LogP contribution >= 0.6 is 0 Å². The third-order valence-corrected chi connectivity index (χ3v) is 1.90. The van der Waals surface area contributed by atoms with E-state index in [9.17, 15) is 4.79 Å². The van der Waals surface area contributed by atoms with Crippen molar-refractivity contribution >= 4 is 17.6 Å². The molecule has 0 radical (unpaired) electrons. The monoisotopic (exact) mass is 252 g/mol. The third kappa shape index (κ3) is 5.93. The molecule has 0 atom stereocenters. The van der Waals surface area contributed by atoms with E-state index in [1.54, 1.807) is 12.3 Å². The predicted molar refractivity (Wildman–Crippen MR) is 71.4 cm³/mol. The first-order valence-corrected chi connectivity index (χ1v) is 5.79. The first-order chi connectivity index (χ1) is 8.37. The van der Waals surface area contributed by atoms with Gasteiger partial charge in [0.15, 0.2) is 0 Å². The number of hydrogen-bond acceptors (Lipinski definition) is 5. The van der Waals surface area contributed by atoms with Crippen molar-refractivity contribution in [3.05, 3.63) is 18.3 Å². The molecule has 0 spiro atoms. The maximum absolute atomic E-state index is 11.3. The van der Waals surface area contributed by atoms with E-state index >= 15 is 0 Å². The second kappa shape index (κ2) is 6.09. The van der Waals surface area contributed by atoms with Crippen LogP contribution in [-0.4, -0.2) is 29.8 Å². The van der Waals surface area contributed by atoms with E-state index < -0.39 is 11.7 Å². The summed E-state index contributed by atoms with van der Waals surface area (Å²) in [4.78, 5) is 15.2. The van der Waals surface area contributed by atoms with Gasteiger partial charge in [-0.15, -0.1) is 0 Å². The summed E-state index contributed by atoms with van der Waals surface area (Å²) < 4.78 is 5.10. The number of hydrogen-bond donors (Lipinski definition) is 3. The molecule has 1 rings (SSSR count). The van der Waals surface area contributed by atoms with Gasteiger partial charge in [0.25, 0.3) is 0 Å². The van der Waals surface area contributed by atoms with Crippen LogP contribution in [-0.2, 0) is 4.74 Å². The summed E-state index contributed by atoms with van der Waals surface area (Å²) in [5.41, 5.74) is 5.93. The molecule has 0 bridgehead atoms. The zero-order valence-electron chi connectivity index (χ0n) is 11.0. The van der Waals surface area contributed by atoms with Crippen molar-refractivity contribution in [3.8, 4) is 0 Å². The van der Waals surface area contributed by atoms with E-state index in [0.29, 0.717) is 18.9 Å². The zero-order chi connectivity index (χ0) is 13.6. The Bertz CT molecular complexity index is 401. The van der Waals surface area contributed by atoms with Gasteiger partial charge in [-0.3, -0.25) is 0 Å². The number of anilines is 2. The number of amides is 1. The fourth-order valence-corrected chi connectivity index (χ4v) is 1.24. The second-order valence-electron chi connectivity index (χ2n) is 4.82. The lowest BCUT2D eigenvalue weighted by Gasteiger charge is -2.19. The van der Waals surface area contributed by atoms with E-state index in [2.05, 4.69) is 15.6 Å². The molecule has 0 aliphatic heterocycles. The van der Waals surface area contributed by atoms with Crippen LogP contribution in [0.25, 0.3) is 0 Å². The lowest BCUT2D eigenvalue weighted by atomic mass is 10.2. The minimum Gasteiger partial charge on any atom is -0.444 e. The minimum absolute atomic E-state index is 0.418. The summed E-state index contributed by atoms with van der Waals surface area (Å²) in [6, 6.07) is 3.54. The van der Waals surface area contributed by atoms with Gasteiger partial charge in [0.2, 0.25) is 0 Å². The number of pyridine rings is 1. The molecular weight excluding hydrogens is 232 g/mol. The van der Waals surface area contributed by atoms with Gasteiger partial charge in [0, 0.05) is 31.0 Å². The lowest BCUT2D eigenvalue weighted by Crippen LogP contribution is -2.35. The van der Waals surface area contributed by atoms with Crippen molar-refractivity contribution in [3.63, 3.8) is 0 Å². The Morgan fingerprint density at radius 3 is 2.78 bits per heavy atom. The Kier molecular flexibility index (Phi) is 4.76. The van der Waals surface area contributed by atoms with Gasteiger partial charge in [-0.2, -0.15) is 0 Å². The molecule has 0 fully saturated rings. The van der Waals surface area contributed by atoms with Gasteiger partial charge in [-0.1, -0.05) is 0 Å². The van der Waals surface area contributed by atoms with Crippen LogP contribution in [0.4, 0.5) is 16.3 Å². The first kappa shape index (κ1) is 14.1. The van der Waals surface area contributed by atoms with Gasteiger partial charge < -0.3 is 21.1 Å². The summed E-state index contributed by atoms with van der Waals surface area (Å²) >= 11 is 0. The molecule has 0 aliphatic rings. The molecule has 6 nitrogen and oxygen atoms in total. The van der Waals surface area contributed by atoms with E-state index in [1.807, 2.05) is 26.8 Å². The molecule has 100 valence electrons. The first-order valence-electron chi connectivity index (χ1n) is 5.79. The van der Waals surface area contributed by atoms with Crippen LogP contribution in [0, 0.1) is 0 Å². The Labute approximate surface area is 107 Å². The molecule has 0 unspecified atom stereocenters. The van der Waals surface area contributed by atoms with Crippen LogP contribution in [0.1, 0.15) is 20.8 Å². The minimum atomic E-state index is -0.475. The highest BCUT2D eigenvalue weighted by atomic mass is 16.6. The molecule has 1 heterocycles. The fourth-order valence-electron chi connectivity index (χ4n) is 1.24. The Morgan fingerprint density at radius 2 is 2.17 bits per heavy atom. The average Bonchev–Trinajstić information content (AvgIpc) is 2.22. The van der Waals surface area contributed by atoms with E-state index in [-0.39, 0.29) is 0 Å². The van der Waals surface area contributed by atoms with Gasteiger partial charge in [0.1, 0.15) is 11.4 Å². The van der Waals surface area contributed by atoms with Crippen LogP contribution < -0.4 is 16.4 Å². The van der Waals surface area contributed by atoms with Crippen LogP contribution in [0.15, 0.2) is 18.3 Å². The maximum Gasteiger partial charge on any atom is 0.407 e. The van der Waals surface area contributed by atoms with Crippen molar-refractivity contribution < 1.29 is 9.53 Å². The van der Waals surface area contributed by atoms with E-state index in [1.165, 1.54) is 0 Å². The largest absolute Gasteiger partial charge is 0.444 e. The summed E-state index contributed by atoms with van der Waals surface area (Å²) in [7, 11) is 0. The molecule has 1 aromatic heterocycles. The number of carbonyl (C=O) groups excluding carboxylic acids is 1. The molecule has 18 heavy (non-hydrogen) atoms. The quantitative estimate of drug-likeness (QED) is 0.708. The molecule has 0 saturated carbocycles. The van der Waals surface area contributed by atoms with Gasteiger partial charge >= 0.3 is 6.09 Å². The molecule has 4 N–H and O–H groups in total. The molecule has 1 amide bonds. The summed E-state index contributed by atoms with van der Waals surface area (Å²) in [6.07, 6.45) is 1.21. The normalized spacial score (nSPS) is 10.8. The average molecular weight is 252 g/mol. The van der Waals surface area contributed by atoms with Crippen LogP contribution in [0.2, 0.25) is 0 Å². The van der Waals surface area contributed by atoms with Crippen molar-refractivity contribution in [1.82, 2.24) is 10.3 Å². The number of nitrogens with one attached hydrogen (secondary N) is 2. The number of aromatic nitrogens is 1. The summed E-state index contributed by atoms with van der Waals surface area (Å²) in [5.74, 6) is 0.458. The van der Waals surface area contributed by atoms with Crippen molar-refractivity contribution in [1.29, 1.82) is 0 Å². The Balaban J connectivity index is 2.21. The molecular formula is C12H20N4O2. The number of nitrogens with two attached hydrogens (primary N) is 1. The Morgan fingerprint density at radius 1 is 1.44 bits per heavy atom. The number of ether oxygens (including phenoxy) is 1. The standard InChI is InChI=1S/C12H20N4O2/c1-12(2,3)18-11(17)16-7-6-14-9-4-5-15-10(13)8-9/h4-5,8H,6-7H2,1-3H3,(H,16,17)(H3,13,14,15). The van der Waals surface area contributed by atoms with Crippen LogP contribution in [0.5, 0.6) is 0 Å². The van der Waals surface area contributed by atoms with Crippen molar-refractivity contribution in [2.75, 3.05) is 24.1 Å². The number of nitrogens with zero attached hydrogens (tertiary/aromatic N) is 1. The Hall–Kier alpha value is -1.98. The smallest absolute Gasteiger partial charge is 0.407 e. The molecule has 1 aromatic rings. The van der Waals surface area contributed by atoms with E-state index in [0.717, 1.165) is 5.69 Å². The van der Waals surface area contributed by atoms with Gasteiger partial charge in [-0.25, -0.2) is 9.78 Å². The van der Waals surface area contributed by atoms with E-state index in [4.69, 9.17) is 10.5 Å². The SMILES string of the molecule is CC(C)(C)OC(=O)NCCNc1ccnc(N)c1. The molecule has 0 aromatic carbocycles. The number of carbonyl (C=O) groups is 1. The number of alkyl carbamates (subject to hydrolysis) is 1. The van der Waals surface area contributed by atoms with Crippen LogP contribution in [0.3, 0.4) is 0 Å². The van der Waals surface area contributed by atoms with Crippen molar-refractivity contribution in [2.24, 2.45) is 0 Å². The van der Waals surface area contributed by atoms with Gasteiger partial charge in [-0.05, 0) is 26.8 Å². The topological polar surface area (TPSA) is 89.3 Å². The third-order valence-electron chi connectivity index (χ3n) is 1.90. The second-order valence-corrected chi connectivity index (χ2v) is 4.82. The highest BCUT2D eigenvalue weighted by molar-refractivity contribution is 5.67. The molecule has 0 aliphatic carbocycles. The lowest BCUT2D eigenvalue weighted by molar-refractivity contribution is 0.0530. The fraction of sp³-hybridized carbons (Fsp3) is 0.500. The number of nitrogen functional groups attached to an aromatic ring is 1. The summed E-state index contributed by atoms with van der Waals surface area (Å²) in [5, 5.41) is 5.77. The maximum atomic E-state index is 11.3.